The molecule has 1 heterocycles. The fourth-order valence-corrected chi connectivity index (χ4v) is 3.33. The number of ketones is 1. The number of fused-ring (bicyclic) bond motifs is 1. The van der Waals surface area contributed by atoms with Gasteiger partial charge >= 0.3 is 0 Å². The van der Waals surface area contributed by atoms with Gasteiger partial charge < -0.3 is 9.84 Å². The Bertz CT molecular complexity index is 815. The van der Waals surface area contributed by atoms with Gasteiger partial charge in [0.2, 0.25) is 0 Å². The predicted octanol–water partition coefficient (Wildman–Crippen LogP) is 4.28. The minimum Gasteiger partial charge on any atom is -0.360 e. The number of rotatable bonds is 3. The van der Waals surface area contributed by atoms with Crippen LogP contribution in [0.2, 0.25) is 0 Å². The van der Waals surface area contributed by atoms with Gasteiger partial charge in [-0.15, -0.1) is 0 Å². The van der Waals surface area contributed by atoms with Crippen LogP contribution in [0, 0.1) is 11.3 Å². The lowest BCUT2D eigenvalue weighted by Gasteiger charge is -2.33. The van der Waals surface area contributed by atoms with Crippen molar-refractivity contribution in [3.8, 4) is 0 Å². The molecule has 0 fully saturated rings. The van der Waals surface area contributed by atoms with E-state index in [2.05, 4.69) is 31.2 Å². The van der Waals surface area contributed by atoms with Crippen LogP contribution < -0.4 is 5.32 Å². The molecule has 1 aromatic heterocycles. The molecule has 1 aliphatic carbocycles. The topological polar surface area (TPSA) is 72.2 Å². The zero-order chi connectivity index (χ0) is 18.2. The van der Waals surface area contributed by atoms with Crippen LogP contribution in [-0.4, -0.2) is 16.8 Å². The van der Waals surface area contributed by atoms with Crippen LogP contribution in [0.3, 0.4) is 0 Å². The predicted molar refractivity (Wildman–Crippen MR) is 95.9 cm³/mol. The average molecular weight is 340 g/mol. The van der Waals surface area contributed by atoms with Crippen molar-refractivity contribution in [3.63, 3.8) is 0 Å². The number of amides is 1. The largest absolute Gasteiger partial charge is 0.360 e. The van der Waals surface area contributed by atoms with Crippen LogP contribution in [0.1, 0.15) is 66.3 Å². The third-order valence-electron chi connectivity index (χ3n) is 5.01. The van der Waals surface area contributed by atoms with E-state index in [1.807, 2.05) is 0 Å². The zero-order valence-corrected chi connectivity index (χ0v) is 15.2. The summed E-state index contributed by atoms with van der Waals surface area (Å²) in [6.07, 6.45) is 2.67. The first-order chi connectivity index (χ1) is 11.8. The minimum absolute atomic E-state index is 0.0390. The SMILES string of the molecule is CC(=O)c1cccc(NC(=O)c2noc3c2CC(C(C)(C)C)CC3)c1. The number of benzene rings is 1. The lowest BCUT2D eigenvalue weighted by molar-refractivity contribution is 0.100. The van der Waals surface area contributed by atoms with Crippen molar-refractivity contribution >= 4 is 17.4 Å². The van der Waals surface area contributed by atoms with Gasteiger partial charge in [0, 0.05) is 23.2 Å². The third kappa shape index (κ3) is 3.65. The summed E-state index contributed by atoms with van der Waals surface area (Å²) in [6.45, 7) is 8.18. The van der Waals surface area contributed by atoms with E-state index in [1.54, 1.807) is 24.3 Å². The minimum atomic E-state index is -0.291. The van der Waals surface area contributed by atoms with Crippen molar-refractivity contribution in [1.82, 2.24) is 5.16 Å². The number of hydrogen-bond donors (Lipinski definition) is 1. The van der Waals surface area contributed by atoms with Crippen molar-refractivity contribution in [1.29, 1.82) is 0 Å². The van der Waals surface area contributed by atoms with Crippen molar-refractivity contribution in [3.05, 3.63) is 46.8 Å². The number of nitrogens with zero attached hydrogens (tertiary/aromatic N) is 1. The summed E-state index contributed by atoms with van der Waals surface area (Å²) in [5.41, 5.74) is 2.60. The highest BCUT2D eigenvalue weighted by Gasteiger charge is 2.34. The summed E-state index contributed by atoms with van der Waals surface area (Å²) in [5.74, 6) is 0.985. The number of hydrogen-bond acceptors (Lipinski definition) is 4. The molecule has 0 saturated carbocycles. The molecule has 3 rings (SSSR count). The molecule has 0 spiro atoms. The molecule has 132 valence electrons. The second-order valence-electron chi connectivity index (χ2n) is 7.83. The molecule has 1 atom stereocenters. The number of aromatic nitrogens is 1. The van der Waals surface area contributed by atoms with Crippen LogP contribution >= 0.6 is 0 Å². The molecule has 1 unspecified atom stereocenters. The Hall–Kier alpha value is -2.43. The molecule has 0 bridgehead atoms. The number of Topliss-reactive ketones (excluding diaryl/α,β-unsaturated/α-hetero) is 1. The van der Waals surface area contributed by atoms with E-state index >= 15 is 0 Å². The molecular weight excluding hydrogens is 316 g/mol. The monoisotopic (exact) mass is 340 g/mol. The smallest absolute Gasteiger partial charge is 0.278 e. The zero-order valence-electron chi connectivity index (χ0n) is 15.2. The van der Waals surface area contributed by atoms with E-state index in [-0.39, 0.29) is 17.1 Å². The Labute approximate surface area is 147 Å². The second kappa shape index (κ2) is 6.47. The normalized spacial score (nSPS) is 17.0. The van der Waals surface area contributed by atoms with Gasteiger partial charge in [0.1, 0.15) is 5.76 Å². The van der Waals surface area contributed by atoms with Crippen molar-refractivity contribution in [2.45, 2.75) is 47.0 Å². The van der Waals surface area contributed by atoms with E-state index < -0.39 is 0 Å². The van der Waals surface area contributed by atoms with Crippen LogP contribution in [0.15, 0.2) is 28.8 Å². The highest BCUT2D eigenvalue weighted by Crippen LogP contribution is 2.38. The van der Waals surface area contributed by atoms with E-state index in [0.717, 1.165) is 30.6 Å². The Balaban J connectivity index is 1.82. The molecule has 1 N–H and O–H groups in total. The fraction of sp³-hybridized carbons (Fsp3) is 0.450. The summed E-state index contributed by atoms with van der Waals surface area (Å²) in [6, 6.07) is 6.91. The number of carbonyl (C=O) groups is 2. The molecule has 5 heteroatoms. The van der Waals surface area contributed by atoms with Gasteiger partial charge in [0.15, 0.2) is 11.5 Å². The van der Waals surface area contributed by atoms with E-state index in [9.17, 15) is 9.59 Å². The van der Waals surface area contributed by atoms with Gasteiger partial charge in [0.25, 0.3) is 5.91 Å². The standard InChI is InChI=1S/C20H24N2O3/c1-12(23)13-6-5-7-15(10-13)21-19(24)18-16-11-14(20(2,3)4)8-9-17(16)25-22-18/h5-7,10,14H,8-9,11H2,1-4H3,(H,21,24). The van der Waals surface area contributed by atoms with Gasteiger partial charge in [-0.05, 0) is 43.2 Å². The van der Waals surface area contributed by atoms with Crippen molar-refractivity contribution in [2.75, 3.05) is 5.32 Å². The summed E-state index contributed by atoms with van der Waals surface area (Å²) in [5, 5.41) is 6.84. The van der Waals surface area contributed by atoms with Gasteiger partial charge in [-0.25, -0.2) is 0 Å². The average Bonchev–Trinajstić information content (AvgIpc) is 2.97. The number of carbonyl (C=O) groups excluding carboxylic acids is 2. The van der Waals surface area contributed by atoms with Gasteiger partial charge in [-0.1, -0.05) is 38.1 Å². The second-order valence-corrected chi connectivity index (χ2v) is 7.83. The van der Waals surface area contributed by atoms with Crippen LogP contribution in [0.25, 0.3) is 0 Å². The molecule has 1 aliphatic rings. The maximum absolute atomic E-state index is 12.7. The number of nitrogens with one attached hydrogen (secondary N) is 1. The van der Waals surface area contributed by atoms with E-state index in [0.29, 0.717) is 22.9 Å². The van der Waals surface area contributed by atoms with Crippen molar-refractivity contribution < 1.29 is 14.1 Å². The van der Waals surface area contributed by atoms with Crippen LogP contribution in [0.5, 0.6) is 0 Å². The maximum atomic E-state index is 12.7. The highest BCUT2D eigenvalue weighted by molar-refractivity contribution is 6.04. The quantitative estimate of drug-likeness (QED) is 0.847. The third-order valence-corrected chi connectivity index (χ3v) is 5.01. The Morgan fingerprint density at radius 1 is 1.28 bits per heavy atom. The molecule has 0 saturated heterocycles. The first-order valence-corrected chi connectivity index (χ1v) is 8.65. The van der Waals surface area contributed by atoms with Gasteiger partial charge in [-0.3, -0.25) is 9.59 Å². The Morgan fingerprint density at radius 3 is 2.72 bits per heavy atom. The molecule has 2 aromatic rings. The van der Waals surface area contributed by atoms with Crippen molar-refractivity contribution in [2.24, 2.45) is 11.3 Å². The summed E-state index contributed by atoms with van der Waals surface area (Å²) < 4.78 is 5.40. The number of aryl methyl sites for hydroxylation is 1. The summed E-state index contributed by atoms with van der Waals surface area (Å²) in [4.78, 5) is 24.2. The Kier molecular flexibility index (Phi) is 4.50. The summed E-state index contributed by atoms with van der Waals surface area (Å²) in [7, 11) is 0. The van der Waals surface area contributed by atoms with Gasteiger partial charge in [0.05, 0.1) is 0 Å². The lowest BCUT2D eigenvalue weighted by atomic mass is 9.71. The molecule has 0 radical (unpaired) electrons. The molecule has 5 nitrogen and oxygen atoms in total. The summed E-state index contributed by atoms with van der Waals surface area (Å²) >= 11 is 0. The van der Waals surface area contributed by atoms with Gasteiger partial charge in [-0.2, -0.15) is 0 Å². The lowest BCUT2D eigenvalue weighted by Crippen LogP contribution is -2.27. The van der Waals surface area contributed by atoms with Crippen LogP contribution in [0.4, 0.5) is 5.69 Å². The molecule has 0 aliphatic heterocycles. The highest BCUT2D eigenvalue weighted by atomic mass is 16.5. The first-order valence-electron chi connectivity index (χ1n) is 8.65. The molecule has 1 amide bonds. The Morgan fingerprint density at radius 2 is 2.04 bits per heavy atom. The van der Waals surface area contributed by atoms with E-state index in [4.69, 9.17) is 4.52 Å². The first kappa shape index (κ1) is 17.4. The molecule has 25 heavy (non-hydrogen) atoms. The molecular formula is C20H24N2O3. The van der Waals surface area contributed by atoms with E-state index in [1.165, 1.54) is 6.92 Å². The fourth-order valence-electron chi connectivity index (χ4n) is 3.33. The van der Waals surface area contributed by atoms with Crippen LogP contribution in [-0.2, 0) is 12.8 Å². The molecule has 1 aromatic carbocycles. The number of anilines is 1. The maximum Gasteiger partial charge on any atom is 0.278 e.